The van der Waals surface area contributed by atoms with Gasteiger partial charge in [0.15, 0.2) is 0 Å². The van der Waals surface area contributed by atoms with Gasteiger partial charge in [0.05, 0.1) is 6.61 Å². The van der Waals surface area contributed by atoms with Gasteiger partial charge in [0.25, 0.3) is 0 Å². The molecule has 0 bridgehead atoms. The molecule has 0 amide bonds. The summed E-state index contributed by atoms with van der Waals surface area (Å²) < 4.78 is 6.38. The zero-order valence-corrected chi connectivity index (χ0v) is 13.8. The fourth-order valence-corrected chi connectivity index (χ4v) is 3.37. The number of halogens is 1. The summed E-state index contributed by atoms with van der Waals surface area (Å²) in [6, 6.07) is 8.44. The Kier molecular flexibility index (Phi) is 6.49. The maximum atomic E-state index is 6.30. The molecule has 20 heavy (non-hydrogen) atoms. The van der Waals surface area contributed by atoms with E-state index >= 15 is 0 Å². The van der Waals surface area contributed by atoms with Crippen LogP contribution in [-0.4, -0.2) is 38.3 Å². The standard InChI is InChI=1S/C16H25BrN2O/c1-20-12-13-4-3-8-19(11-13)9-7-16(18)14-5-2-6-15(17)10-14/h2,5-6,10,13,16H,3-4,7-9,11-12,18H2,1H3. The van der Waals surface area contributed by atoms with Gasteiger partial charge in [-0.2, -0.15) is 0 Å². The first kappa shape index (κ1) is 16.0. The van der Waals surface area contributed by atoms with E-state index in [-0.39, 0.29) is 6.04 Å². The van der Waals surface area contributed by atoms with E-state index in [2.05, 4.69) is 39.0 Å². The molecular formula is C16H25BrN2O. The summed E-state index contributed by atoms with van der Waals surface area (Å²) in [7, 11) is 1.79. The van der Waals surface area contributed by atoms with Gasteiger partial charge in [-0.25, -0.2) is 0 Å². The predicted octanol–water partition coefficient (Wildman–Crippen LogP) is 3.20. The minimum absolute atomic E-state index is 0.121. The molecule has 1 aliphatic rings. The Morgan fingerprint density at radius 3 is 3.10 bits per heavy atom. The highest BCUT2D eigenvalue weighted by Gasteiger charge is 2.20. The van der Waals surface area contributed by atoms with Crippen molar-refractivity contribution in [3.63, 3.8) is 0 Å². The first-order valence-electron chi connectivity index (χ1n) is 7.41. The summed E-state index contributed by atoms with van der Waals surface area (Å²) in [6.07, 6.45) is 3.58. The summed E-state index contributed by atoms with van der Waals surface area (Å²) in [5.41, 5.74) is 7.51. The fraction of sp³-hybridized carbons (Fsp3) is 0.625. The topological polar surface area (TPSA) is 38.5 Å². The highest BCUT2D eigenvalue weighted by Crippen LogP contribution is 2.21. The normalized spacial score (nSPS) is 21.9. The zero-order chi connectivity index (χ0) is 14.4. The highest BCUT2D eigenvalue weighted by molar-refractivity contribution is 9.10. The van der Waals surface area contributed by atoms with E-state index in [1.165, 1.54) is 24.9 Å². The van der Waals surface area contributed by atoms with Crippen molar-refractivity contribution >= 4 is 15.9 Å². The van der Waals surface area contributed by atoms with E-state index in [4.69, 9.17) is 10.5 Å². The van der Waals surface area contributed by atoms with Gasteiger partial charge < -0.3 is 15.4 Å². The molecule has 112 valence electrons. The molecule has 1 saturated heterocycles. The SMILES string of the molecule is COCC1CCCN(CCC(N)c2cccc(Br)c2)C1. The average Bonchev–Trinajstić information content (AvgIpc) is 2.45. The van der Waals surface area contributed by atoms with Gasteiger partial charge in [-0.3, -0.25) is 0 Å². The second-order valence-electron chi connectivity index (χ2n) is 5.71. The van der Waals surface area contributed by atoms with Crippen LogP contribution in [0.3, 0.4) is 0 Å². The zero-order valence-electron chi connectivity index (χ0n) is 12.2. The molecule has 0 saturated carbocycles. The van der Waals surface area contributed by atoms with Crippen LogP contribution in [-0.2, 0) is 4.74 Å². The largest absolute Gasteiger partial charge is 0.384 e. The number of hydrogen-bond donors (Lipinski definition) is 1. The Bertz CT molecular complexity index is 411. The number of nitrogens with zero attached hydrogens (tertiary/aromatic N) is 1. The molecule has 1 aromatic rings. The lowest BCUT2D eigenvalue weighted by Gasteiger charge is -2.33. The fourth-order valence-electron chi connectivity index (χ4n) is 2.95. The highest BCUT2D eigenvalue weighted by atomic mass is 79.9. The van der Waals surface area contributed by atoms with Crippen molar-refractivity contribution in [3.05, 3.63) is 34.3 Å². The number of piperidine rings is 1. The summed E-state index contributed by atoms with van der Waals surface area (Å²) >= 11 is 3.50. The van der Waals surface area contributed by atoms with Crippen molar-refractivity contribution in [1.82, 2.24) is 4.90 Å². The molecular weight excluding hydrogens is 316 g/mol. The lowest BCUT2D eigenvalue weighted by Crippen LogP contribution is -2.38. The minimum atomic E-state index is 0.121. The summed E-state index contributed by atoms with van der Waals surface area (Å²) in [5.74, 6) is 0.691. The molecule has 0 aliphatic carbocycles. The third kappa shape index (κ3) is 4.85. The molecule has 0 aromatic heterocycles. The third-order valence-corrected chi connectivity index (χ3v) is 4.53. The molecule has 2 N–H and O–H groups in total. The number of benzene rings is 1. The molecule has 2 atom stereocenters. The minimum Gasteiger partial charge on any atom is -0.384 e. The monoisotopic (exact) mass is 340 g/mol. The second kappa shape index (κ2) is 8.13. The molecule has 1 heterocycles. The van der Waals surface area contributed by atoms with Crippen molar-refractivity contribution in [2.45, 2.75) is 25.3 Å². The van der Waals surface area contributed by atoms with Gasteiger partial charge in [-0.1, -0.05) is 28.1 Å². The third-order valence-electron chi connectivity index (χ3n) is 4.04. The Morgan fingerprint density at radius 2 is 2.35 bits per heavy atom. The summed E-state index contributed by atoms with van der Waals surface area (Å²) in [4.78, 5) is 2.53. The van der Waals surface area contributed by atoms with Crippen LogP contribution in [0.5, 0.6) is 0 Å². The van der Waals surface area contributed by atoms with E-state index < -0.39 is 0 Å². The molecule has 1 aromatic carbocycles. The van der Waals surface area contributed by atoms with E-state index in [9.17, 15) is 0 Å². The lowest BCUT2D eigenvalue weighted by molar-refractivity contribution is 0.0892. The van der Waals surface area contributed by atoms with Gasteiger partial charge in [0.2, 0.25) is 0 Å². The van der Waals surface area contributed by atoms with Crippen LogP contribution < -0.4 is 5.73 Å². The Morgan fingerprint density at radius 1 is 1.50 bits per heavy atom. The second-order valence-corrected chi connectivity index (χ2v) is 6.63. The quantitative estimate of drug-likeness (QED) is 0.864. The Balaban J connectivity index is 1.79. The first-order chi connectivity index (χ1) is 9.69. The van der Waals surface area contributed by atoms with Crippen molar-refractivity contribution in [1.29, 1.82) is 0 Å². The molecule has 1 fully saturated rings. The first-order valence-corrected chi connectivity index (χ1v) is 8.20. The number of methoxy groups -OCH3 is 1. The molecule has 4 heteroatoms. The van der Waals surface area contributed by atoms with E-state index in [0.29, 0.717) is 5.92 Å². The molecule has 2 unspecified atom stereocenters. The van der Waals surface area contributed by atoms with Crippen LogP contribution in [0.15, 0.2) is 28.7 Å². The van der Waals surface area contributed by atoms with Gasteiger partial charge in [-0.15, -0.1) is 0 Å². The maximum absolute atomic E-state index is 6.30. The lowest BCUT2D eigenvalue weighted by atomic mass is 9.98. The summed E-state index contributed by atoms with van der Waals surface area (Å²) in [6.45, 7) is 4.31. The van der Waals surface area contributed by atoms with Crippen LogP contribution >= 0.6 is 15.9 Å². The maximum Gasteiger partial charge on any atom is 0.0502 e. The smallest absolute Gasteiger partial charge is 0.0502 e. The predicted molar refractivity (Wildman–Crippen MR) is 86.7 cm³/mol. The Labute approximate surface area is 130 Å². The molecule has 2 rings (SSSR count). The number of rotatable bonds is 6. The van der Waals surface area contributed by atoms with Gasteiger partial charge in [0, 0.05) is 24.2 Å². The van der Waals surface area contributed by atoms with Gasteiger partial charge in [0.1, 0.15) is 0 Å². The van der Waals surface area contributed by atoms with Crippen LogP contribution in [0.25, 0.3) is 0 Å². The van der Waals surface area contributed by atoms with Gasteiger partial charge >= 0.3 is 0 Å². The van der Waals surface area contributed by atoms with Crippen LogP contribution in [0.4, 0.5) is 0 Å². The number of nitrogens with two attached hydrogens (primary N) is 1. The summed E-state index contributed by atoms with van der Waals surface area (Å²) in [5, 5.41) is 0. The van der Waals surface area contributed by atoms with Crippen molar-refractivity contribution < 1.29 is 4.74 Å². The van der Waals surface area contributed by atoms with Crippen molar-refractivity contribution in [2.75, 3.05) is 33.4 Å². The number of hydrogen-bond acceptors (Lipinski definition) is 3. The van der Waals surface area contributed by atoms with Crippen LogP contribution in [0.1, 0.15) is 30.9 Å². The van der Waals surface area contributed by atoms with Gasteiger partial charge in [-0.05, 0) is 56.0 Å². The number of likely N-dealkylation sites (tertiary alicyclic amines) is 1. The van der Waals surface area contributed by atoms with E-state index in [0.717, 1.165) is 30.6 Å². The van der Waals surface area contributed by atoms with Crippen LogP contribution in [0, 0.1) is 5.92 Å². The van der Waals surface area contributed by atoms with E-state index in [1.807, 2.05) is 6.07 Å². The Hall–Kier alpha value is -0.420. The molecule has 3 nitrogen and oxygen atoms in total. The van der Waals surface area contributed by atoms with Crippen LogP contribution in [0.2, 0.25) is 0 Å². The van der Waals surface area contributed by atoms with Crippen molar-refractivity contribution in [2.24, 2.45) is 11.7 Å². The number of ether oxygens (including phenoxy) is 1. The molecule has 1 aliphatic heterocycles. The van der Waals surface area contributed by atoms with Crippen molar-refractivity contribution in [3.8, 4) is 0 Å². The van der Waals surface area contributed by atoms with E-state index in [1.54, 1.807) is 7.11 Å². The molecule has 0 spiro atoms. The molecule has 0 radical (unpaired) electrons. The average molecular weight is 341 g/mol.